The van der Waals surface area contributed by atoms with Crippen LogP contribution in [0.1, 0.15) is 80.7 Å². The molecule has 0 radical (unpaired) electrons. The van der Waals surface area contributed by atoms with Crippen LogP contribution in [0, 0.1) is 6.92 Å². The molecule has 0 saturated carbocycles. The van der Waals surface area contributed by atoms with Crippen molar-refractivity contribution in [1.82, 2.24) is 5.32 Å². The lowest BCUT2D eigenvalue weighted by Crippen LogP contribution is -2.22. The second-order valence-electron chi connectivity index (χ2n) is 8.22. The molecular weight excluding hydrogens is 430 g/mol. The number of aliphatic hydroxyl groups excluding tert-OH is 2. The Morgan fingerprint density at radius 2 is 1.67 bits per heavy atom. The fourth-order valence-electron chi connectivity index (χ4n) is 3.58. The molecule has 0 aliphatic carbocycles. The highest BCUT2D eigenvalue weighted by Crippen LogP contribution is 2.17. The van der Waals surface area contributed by atoms with E-state index in [1.165, 1.54) is 18.4 Å². The van der Waals surface area contributed by atoms with Gasteiger partial charge in [-0.1, -0.05) is 57.0 Å². The molecule has 1 atom stereocenters. The largest absolute Gasteiger partial charge is 0.392 e. The number of thiol groups is 1. The molecule has 0 saturated heterocycles. The van der Waals surface area contributed by atoms with E-state index >= 15 is 0 Å². The molecule has 0 aliphatic rings. The van der Waals surface area contributed by atoms with Crippen molar-refractivity contribution in [1.29, 1.82) is 0 Å². The Hall–Kier alpha value is -1.37. The summed E-state index contributed by atoms with van der Waals surface area (Å²) < 4.78 is 5.75. The normalized spacial score (nSPS) is 11.7. The monoisotopic (exact) mass is 475 g/mol. The summed E-state index contributed by atoms with van der Waals surface area (Å²) in [5.74, 6) is 0. The van der Waals surface area contributed by atoms with Gasteiger partial charge >= 0.3 is 0 Å². The molecule has 1 unspecified atom stereocenters. The maximum Gasteiger partial charge on any atom is 0.0914 e. The summed E-state index contributed by atoms with van der Waals surface area (Å²) in [7, 11) is 0. The Morgan fingerprint density at radius 1 is 0.939 bits per heavy atom. The number of aliphatic hydroxyl groups is 2. The highest BCUT2D eigenvalue weighted by atomic mass is 32.1. The number of rotatable bonds is 16. The molecule has 4 nitrogen and oxygen atoms in total. The number of hydrogen-bond acceptors (Lipinski definition) is 5. The second-order valence-corrected chi connectivity index (χ2v) is 8.73. The third-order valence-corrected chi connectivity index (χ3v) is 5.85. The standard InChI is InChI=1S/C26H39NO3S.C2H6/c1-21-12-13-23(18-24(21)20-28)26(29)19-27-14-5-2-3-6-15-30-16-7-4-9-22-10-8-11-25(31)17-22;1-2/h8,10-13,17-18,26-29,31H,2-7,9,14-16,19-20H2,1H3;1-2H3. The highest BCUT2D eigenvalue weighted by Gasteiger charge is 2.08. The van der Waals surface area contributed by atoms with Crippen LogP contribution in [0.4, 0.5) is 0 Å². The van der Waals surface area contributed by atoms with Gasteiger partial charge in [0.1, 0.15) is 0 Å². The van der Waals surface area contributed by atoms with E-state index in [0.717, 1.165) is 73.4 Å². The Morgan fingerprint density at radius 3 is 2.39 bits per heavy atom. The van der Waals surface area contributed by atoms with Gasteiger partial charge in [-0.05, 0) is 80.0 Å². The van der Waals surface area contributed by atoms with E-state index in [9.17, 15) is 10.2 Å². The summed E-state index contributed by atoms with van der Waals surface area (Å²) in [6.45, 7) is 9.11. The third-order valence-electron chi connectivity index (χ3n) is 5.57. The highest BCUT2D eigenvalue weighted by molar-refractivity contribution is 7.80. The number of nitrogens with one attached hydrogen (secondary N) is 1. The second kappa shape index (κ2) is 19.0. The van der Waals surface area contributed by atoms with Crippen molar-refractivity contribution in [3.63, 3.8) is 0 Å². The SMILES string of the molecule is CC.Cc1ccc(C(O)CNCCCCCCOCCCCc2cccc(S)c2)cc1CO. The van der Waals surface area contributed by atoms with Crippen molar-refractivity contribution in [2.45, 2.75) is 83.3 Å². The first-order valence-electron chi connectivity index (χ1n) is 12.5. The number of benzene rings is 2. The molecule has 3 N–H and O–H groups in total. The quantitative estimate of drug-likeness (QED) is 0.177. The van der Waals surface area contributed by atoms with Crippen molar-refractivity contribution in [2.24, 2.45) is 0 Å². The van der Waals surface area contributed by atoms with Gasteiger partial charge in [0, 0.05) is 24.7 Å². The summed E-state index contributed by atoms with van der Waals surface area (Å²) in [4.78, 5) is 1.03. The molecule has 0 spiro atoms. The average molecular weight is 476 g/mol. The van der Waals surface area contributed by atoms with Crippen LogP contribution in [0.25, 0.3) is 0 Å². The molecule has 0 bridgehead atoms. The summed E-state index contributed by atoms with van der Waals surface area (Å²) in [5.41, 5.74) is 4.13. The van der Waals surface area contributed by atoms with E-state index in [4.69, 9.17) is 4.74 Å². The molecule has 0 amide bonds. The van der Waals surface area contributed by atoms with Gasteiger partial charge in [0.2, 0.25) is 0 Å². The van der Waals surface area contributed by atoms with Crippen molar-refractivity contribution in [2.75, 3.05) is 26.3 Å². The van der Waals surface area contributed by atoms with Crippen molar-refractivity contribution < 1.29 is 14.9 Å². The molecular formula is C28H45NO3S. The Balaban J connectivity index is 0.00000265. The minimum absolute atomic E-state index is 0.00833. The lowest BCUT2D eigenvalue weighted by molar-refractivity contribution is 0.126. The minimum Gasteiger partial charge on any atom is -0.392 e. The topological polar surface area (TPSA) is 61.7 Å². The van der Waals surface area contributed by atoms with E-state index in [1.807, 2.05) is 45.0 Å². The molecule has 0 aromatic heterocycles. The first kappa shape index (κ1) is 29.7. The van der Waals surface area contributed by atoms with E-state index < -0.39 is 6.10 Å². The summed E-state index contributed by atoms with van der Waals surface area (Å²) in [5, 5.41) is 23.0. The molecule has 2 aromatic carbocycles. The predicted octanol–water partition coefficient (Wildman–Crippen LogP) is 6.03. The van der Waals surface area contributed by atoms with Gasteiger partial charge in [0.05, 0.1) is 12.7 Å². The maximum atomic E-state index is 10.3. The Labute approximate surface area is 207 Å². The maximum absolute atomic E-state index is 10.3. The van der Waals surface area contributed by atoms with Crippen LogP contribution >= 0.6 is 12.6 Å². The van der Waals surface area contributed by atoms with Crippen LogP contribution in [0.2, 0.25) is 0 Å². The molecule has 0 aliphatic heterocycles. The zero-order valence-electron chi connectivity index (χ0n) is 20.9. The summed E-state index contributed by atoms with van der Waals surface area (Å²) in [6, 6.07) is 14.1. The first-order chi connectivity index (χ1) is 16.1. The van der Waals surface area contributed by atoms with Gasteiger partial charge in [-0.3, -0.25) is 0 Å². The van der Waals surface area contributed by atoms with Crippen LogP contribution in [0.5, 0.6) is 0 Å². The summed E-state index contributed by atoms with van der Waals surface area (Å²) in [6.07, 6.45) is 7.36. The van der Waals surface area contributed by atoms with Crippen molar-refractivity contribution in [3.8, 4) is 0 Å². The van der Waals surface area contributed by atoms with Gasteiger partial charge in [0.25, 0.3) is 0 Å². The van der Waals surface area contributed by atoms with Gasteiger partial charge in [-0.25, -0.2) is 0 Å². The lowest BCUT2D eigenvalue weighted by atomic mass is 10.0. The predicted molar refractivity (Wildman–Crippen MR) is 142 cm³/mol. The van der Waals surface area contributed by atoms with Crippen LogP contribution in [-0.4, -0.2) is 36.5 Å². The summed E-state index contributed by atoms with van der Waals surface area (Å²) >= 11 is 4.38. The van der Waals surface area contributed by atoms with Crippen LogP contribution < -0.4 is 5.32 Å². The van der Waals surface area contributed by atoms with Crippen LogP contribution in [0.3, 0.4) is 0 Å². The minimum atomic E-state index is -0.541. The number of unbranched alkanes of at least 4 members (excludes halogenated alkanes) is 4. The fraction of sp³-hybridized carbons (Fsp3) is 0.571. The van der Waals surface area contributed by atoms with Gasteiger partial charge in [0.15, 0.2) is 0 Å². The molecule has 5 heteroatoms. The molecule has 0 heterocycles. The zero-order chi connectivity index (χ0) is 24.3. The Bertz CT molecular complexity index is 754. The van der Waals surface area contributed by atoms with Crippen molar-refractivity contribution in [3.05, 3.63) is 64.7 Å². The number of hydrogen-bond donors (Lipinski definition) is 4. The van der Waals surface area contributed by atoms with E-state index in [2.05, 4.69) is 36.1 Å². The van der Waals surface area contributed by atoms with Gasteiger partial charge < -0.3 is 20.3 Å². The first-order valence-corrected chi connectivity index (χ1v) is 13.0. The van der Waals surface area contributed by atoms with Crippen LogP contribution in [0.15, 0.2) is 47.4 Å². The molecule has 33 heavy (non-hydrogen) atoms. The molecule has 186 valence electrons. The Kier molecular flexibility index (Phi) is 17.1. The average Bonchev–Trinajstić information content (AvgIpc) is 2.83. The van der Waals surface area contributed by atoms with E-state index in [1.54, 1.807) is 0 Å². The molecule has 0 fully saturated rings. The third kappa shape index (κ3) is 13.2. The zero-order valence-corrected chi connectivity index (χ0v) is 21.7. The smallest absolute Gasteiger partial charge is 0.0914 e. The number of ether oxygens (including phenoxy) is 1. The molecule has 2 rings (SSSR count). The van der Waals surface area contributed by atoms with Crippen molar-refractivity contribution >= 4 is 12.6 Å². The van der Waals surface area contributed by atoms with E-state index in [0.29, 0.717) is 6.54 Å². The molecule has 2 aromatic rings. The van der Waals surface area contributed by atoms with Gasteiger partial charge in [-0.2, -0.15) is 0 Å². The fourth-order valence-corrected chi connectivity index (χ4v) is 3.83. The lowest BCUT2D eigenvalue weighted by Gasteiger charge is -2.14. The van der Waals surface area contributed by atoms with E-state index in [-0.39, 0.29) is 6.61 Å². The van der Waals surface area contributed by atoms with Crippen LogP contribution in [-0.2, 0) is 17.8 Å². The van der Waals surface area contributed by atoms with Gasteiger partial charge in [-0.15, -0.1) is 12.6 Å². The number of aryl methyl sites for hydroxylation is 2.